The molecule has 0 aromatic carbocycles. The first-order valence-corrected chi connectivity index (χ1v) is 9.61. The van der Waals surface area contributed by atoms with Gasteiger partial charge >= 0.3 is 11.3 Å². The van der Waals surface area contributed by atoms with E-state index in [4.69, 9.17) is 11.6 Å². The average molecular weight is 409 g/mol. The van der Waals surface area contributed by atoms with E-state index in [2.05, 4.69) is 4.98 Å². The van der Waals surface area contributed by atoms with Crippen LogP contribution >= 0.6 is 11.6 Å². The number of carbonyl (C=O) groups is 1. The summed E-state index contributed by atoms with van der Waals surface area (Å²) in [6.45, 7) is 3.33. The molecule has 1 aromatic heterocycles. The number of aromatic nitrogens is 1. The summed E-state index contributed by atoms with van der Waals surface area (Å²) in [6, 6.07) is 3.52. The summed E-state index contributed by atoms with van der Waals surface area (Å²) in [5, 5.41) is -0.767. The molecule has 0 aliphatic carbocycles. The molecule has 1 aliphatic rings. The number of hydrogen-bond donors (Lipinski definition) is 0. The molecule has 5 nitrogen and oxygen atoms in total. The zero-order valence-electron chi connectivity index (χ0n) is 14.2. The molecule has 2 atom stereocenters. The van der Waals surface area contributed by atoms with Gasteiger partial charge in [-0.3, -0.25) is 14.0 Å². The molecule has 10 heteroatoms. The zero-order chi connectivity index (χ0) is 19.5. The summed E-state index contributed by atoms with van der Waals surface area (Å²) in [7, 11) is -1.93. The topological polar surface area (TPSA) is 53.3 Å². The van der Waals surface area contributed by atoms with Gasteiger partial charge in [0.2, 0.25) is 17.8 Å². The molecule has 0 saturated carbocycles. The number of carbonyl (C=O) groups excluding carboxylic acids is 1. The SMILES string of the molecule is CCN(C(=O)C(C)S(=O)CCC(F)(F)F)C1=C[N+](c2cccnc2)=C1Cl. The van der Waals surface area contributed by atoms with Crippen molar-refractivity contribution in [2.24, 2.45) is 0 Å². The Balaban J connectivity index is 2.07. The molecule has 0 radical (unpaired) electrons. The van der Waals surface area contributed by atoms with Crippen LogP contribution in [0.4, 0.5) is 18.9 Å². The lowest BCUT2D eigenvalue weighted by Crippen LogP contribution is -2.44. The predicted molar refractivity (Wildman–Crippen MR) is 93.6 cm³/mol. The molecule has 1 aliphatic heterocycles. The largest absolute Gasteiger partial charge is 0.390 e. The van der Waals surface area contributed by atoms with Crippen LogP contribution in [-0.4, -0.2) is 53.5 Å². The Morgan fingerprint density at radius 2 is 2.15 bits per heavy atom. The highest BCUT2D eigenvalue weighted by molar-refractivity contribution is 7.86. The Bertz CT molecular complexity index is 766. The van der Waals surface area contributed by atoms with Crippen molar-refractivity contribution in [2.75, 3.05) is 12.3 Å². The van der Waals surface area contributed by atoms with Crippen LogP contribution in [0, 0.1) is 0 Å². The molecule has 1 aromatic rings. The van der Waals surface area contributed by atoms with E-state index >= 15 is 0 Å². The van der Waals surface area contributed by atoms with E-state index in [-0.39, 0.29) is 6.54 Å². The van der Waals surface area contributed by atoms with Gasteiger partial charge in [-0.1, -0.05) is 0 Å². The van der Waals surface area contributed by atoms with Gasteiger partial charge in [0.25, 0.3) is 0 Å². The maximum atomic E-state index is 12.6. The molecule has 2 heterocycles. The predicted octanol–water partition coefficient (Wildman–Crippen LogP) is 3.16. The van der Waals surface area contributed by atoms with Crippen molar-refractivity contribution in [1.29, 1.82) is 0 Å². The van der Waals surface area contributed by atoms with Gasteiger partial charge in [0.15, 0.2) is 5.70 Å². The van der Waals surface area contributed by atoms with E-state index in [0.717, 1.165) is 0 Å². The molecule has 142 valence electrons. The third-order valence-electron chi connectivity index (χ3n) is 3.80. The number of allylic oxidation sites excluding steroid dienone is 1. The minimum Gasteiger partial charge on any atom is -0.300 e. The average Bonchev–Trinajstić information content (AvgIpc) is 2.61. The smallest absolute Gasteiger partial charge is 0.300 e. The van der Waals surface area contributed by atoms with Crippen molar-refractivity contribution in [3.63, 3.8) is 0 Å². The molecular formula is C16H18ClF3N3O2S+. The second-order valence-corrected chi connectivity index (χ2v) is 7.80. The van der Waals surface area contributed by atoms with E-state index in [1.54, 1.807) is 42.2 Å². The standard InChI is InChI=1S/C16H18ClF3N3O2S/c1-3-22(15(24)11(2)26(25)8-6-16(18,19)20)13-10-23(14(13)17)12-5-4-7-21-9-12/h4-5,7,9-11H,3,6,8H2,1-2H3/q+1. The molecule has 2 rings (SSSR count). The molecule has 0 N–H and O–H groups in total. The fourth-order valence-corrected chi connectivity index (χ4v) is 3.76. The first-order chi connectivity index (χ1) is 12.2. The summed E-state index contributed by atoms with van der Waals surface area (Å²) < 4.78 is 50.5. The van der Waals surface area contributed by atoms with Gasteiger partial charge in [0.1, 0.15) is 5.25 Å². The first-order valence-electron chi connectivity index (χ1n) is 7.85. The van der Waals surface area contributed by atoms with Crippen LogP contribution in [0.1, 0.15) is 20.3 Å². The third-order valence-corrected chi connectivity index (χ3v) is 5.77. The normalized spacial score (nSPS) is 16.6. The van der Waals surface area contributed by atoms with Gasteiger partial charge in [-0.15, -0.1) is 4.58 Å². The lowest BCUT2D eigenvalue weighted by molar-refractivity contribution is -0.373. The Labute approximate surface area is 156 Å². The second kappa shape index (κ2) is 8.30. The van der Waals surface area contributed by atoms with Crippen molar-refractivity contribution in [3.8, 4) is 0 Å². The van der Waals surface area contributed by atoms with Crippen LogP contribution in [0.5, 0.6) is 0 Å². The number of rotatable bonds is 7. The number of hydrogen-bond acceptors (Lipinski definition) is 3. The monoisotopic (exact) mass is 408 g/mol. The van der Waals surface area contributed by atoms with Crippen LogP contribution in [0.2, 0.25) is 0 Å². The quantitative estimate of drug-likeness (QED) is 0.651. The van der Waals surface area contributed by atoms with Crippen LogP contribution < -0.4 is 0 Å². The van der Waals surface area contributed by atoms with Crippen molar-refractivity contribution >= 4 is 39.2 Å². The zero-order valence-corrected chi connectivity index (χ0v) is 15.7. The highest BCUT2D eigenvalue weighted by Crippen LogP contribution is 2.26. The molecular weight excluding hydrogens is 391 g/mol. The fourth-order valence-electron chi connectivity index (χ4n) is 2.32. The number of halogens is 4. The van der Waals surface area contributed by atoms with Gasteiger partial charge < -0.3 is 4.90 Å². The van der Waals surface area contributed by atoms with E-state index in [1.165, 1.54) is 11.8 Å². The Morgan fingerprint density at radius 1 is 1.46 bits per heavy atom. The van der Waals surface area contributed by atoms with Gasteiger partial charge in [-0.2, -0.15) is 13.2 Å². The maximum Gasteiger partial charge on any atom is 0.390 e. The summed E-state index contributed by atoms with van der Waals surface area (Å²) in [4.78, 5) is 17.9. The van der Waals surface area contributed by atoms with E-state index in [9.17, 15) is 22.2 Å². The van der Waals surface area contributed by atoms with Crippen LogP contribution in [-0.2, 0) is 15.6 Å². The molecule has 0 fully saturated rings. The Kier molecular flexibility index (Phi) is 6.57. The van der Waals surface area contributed by atoms with Crippen molar-refractivity contribution in [3.05, 3.63) is 36.4 Å². The highest BCUT2D eigenvalue weighted by Gasteiger charge is 2.39. The summed E-state index contributed by atoms with van der Waals surface area (Å²) >= 11 is 6.27. The van der Waals surface area contributed by atoms with Crippen LogP contribution in [0.25, 0.3) is 0 Å². The lowest BCUT2D eigenvalue weighted by atomic mass is 10.2. The van der Waals surface area contributed by atoms with Crippen LogP contribution in [0.15, 0.2) is 36.4 Å². The Hall–Kier alpha value is -1.74. The molecule has 0 bridgehead atoms. The third kappa shape index (κ3) is 4.70. The number of alkyl halides is 3. The number of amides is 1. The van der Waals surface area contributed by atoms with Crippen LogP contribution in [0.3, 0.4) is 0 Å². The minimum absolute atomic E-state index is 0.253. The van der Waals surface area contributed by atoms with Gasteiger partial charge in [-0.25, -0.2) is 0 Å². The second-order valence-electron chi connectivity index (χ2n) is 5.56. The van der Waals surface area contributed by atoms with Gasteiger partial charge in [0.05, 0.1) is 12.6 Å². The lowest BCUT2D eigenvalue weighted by Gasteiger charge is -2.26. The number of pyridine rings is 1. The minimum atomic E-state index is -4.40. The molecule has 26 heavy (non-hydrogen) atoms. The number of nitrogens with zero attached hydrogens (tertiary/aromatic N) is 3. The fraction of sp³-hybridized carbons (Fsp3) is 0.438. The highest BCUT2D eigenvalue weighted by atomic mass is 35.5. The van der Waals surface area contributed by atoms with E-state index < -0.39 is 40.3 Å². The molecule has 0 saturated heterocycles. The molecule has 1 amide bonds. The molecule has 0 spiro atoms. The molecule has 2 unspecified atom stereocenters. The Morgan fingerprint density at radius 3 is 2.65 bits per heavy atom. The summed E-state index contributed by atoms with van der Waals surface area (Å²) in [5.74, 6) is -1.13. The first kappa shape index (κ1) is 20.6. The van der Waals surface area contributed by atoms with Gasteiger partial charge in [0, 0.05) is 35.4 Å². The van der Waals surface area contributed by atoms with Crippen molar-refractivity contribution in [1.82, 2.24) is 9.88 Å². The van der Waals surface area contributed by atoms with Crippen molar-refractivity contribution in [2.45, 2.75) is 31.7 Å². The van der Waals surface area contributed by atoms with Crippen molar-refractivity contribution < 1.29 is 26.8 Å². The van der Waals surface area contributed by atoms with E-state index in [1.807, 2.05) is 0 Å². The maximum absolute atomic E-state index is 12.6. The van der Waals surface area contributed by atoms with E-state index in [0.29, 0.717) is 16.6 Å². The summed E-state index contributed by atoms with van der Waals surface area (Å²) in [6.07, 6.45) is -0.745. The summed E-state index contributed by atoms with van der Waals surface area (Å²) in [5.41, 5.74) is 1.15. The van der Waals surface area contributed by atoms with Gasteiger partial charge in [-0.05, 0) is 31.5 Å².